The van der Waals surface area contributed by atoms with Crippen LogP contribution >= 0.6 is 27.5 Å². The first kappa shape index (κ1) is 13.3. The molecule has 0 N–H and O–H groups in total. The van der Waals surface area contributed by atoms with Gasteiger partial charge in [-0.15, -0.1) is 0 Å². The van der Waals surface area contributed by atoms with Crippen molar-refractivity contribution in [2.45, 2.75) is 11.8 Å². The van der Waals surface area contributed by atoms with Crippen LogP contribution in [0.25, 0.3) is 0 Å². The number of rotatable bonds is 3. The fraction of sp³-hybridized carbons (Fsp3) is 0.333. The van der Waals surface area contributed by atoms with Gasteiger partial charge in [0.2, 0.25) is 0 Å². The van der Waals surface area contributed by atoms with Crippen LogP contribution in [0.2, 0.25) is 5.02 Å². The van der Waals surface area contributed by atoms with Crippen LogP contribution in [0.4, 0.5) is 8.78 Å². The van der Waals surface area contributed by atoms with Crippen molar-refractivity contribution in [3.63, 3.8) is 0 Å². The van der Waals surface area contributed by atoms with Crippen molar-refractivity contribution in [2.24, 2.45) is 0 Å². The average Bonchev–Trinajstić information content (AvgIpc) is 2.26. The minimum Gasteiger partial charge on any atom is -0.465 e. The third kappa shape index (κ3) is 2.68. The Balaban J connectivity index is 3.34. The zero-order chi connectivity index (χ0) is 12.3. The minimum atomic E-state index is -2.73. The Hall–Kier alpha value is -0.750. The molecular weight excluding hydrogens is 307 g/mol. The number of alkyl halides is 3. The molecule has 0 amide bonds. The van der Waals surface area contributed by atoms with Crippen molar-refractivity contribution in [1.29, 1.82) is 0 Å². The first-order valence-electron chi connectivity index (χ1n) is 4.13. The predicted molar refractivity (Wildman–Crippen MR) is 58.2 cm³/mol. The summed E-state index contributed by atoms with van der Waals surface area (Å²) in [5.74, 6) is -0.701. The number of nitrogens with zero attached hydrogens (tertiary/aromatic N) is 1. The third-order valence-corrected chi connectivity index (χ3v) is 2.63. The molecule has 0 atom stereocenters. The van der Waals surface area contributed by atoms with Gasteiger partial charge in [0.1, 0.15) is 11.3 Å². The number of halogens is 4. The SMILES string of the molecule is COC(=O)c1c(Cl)cc(C(F)F)nc1CBr. The van der Waals surface area contributed by atoms with Crippen LogP contribution in [0.3, 0.4) is 0 Å². The number of carbonyl (C=O) groups is 1. The molecule has 3 nitrogen and oxygen atoms in total. The second kappa shape index (κ2) is 5.54. The lowest BCUT2D eigenvalue weighted by Gasteiger charge is -2.09. The highest BCUT2D eigenvalue weighted by Gasteiger charge is 2.21. The summed E-state index contributed by atoms with van der Waals surface area (Å²) in [6.45, 7) is 0. The van der Waals surface area contributed by atoms with Gasteiger partial charge in [-0.2, -0.15) is 0 Å². The van der Waals surface area contributed by atoms with Crippen LogP contribution in [0.15, 0.2) is 6.07 Å². The number of ether oxygens (including phenoxy) is 1. The molecule has 0 fully saturated rings. The molecule has 16 heavy (non-hydrogen) atoms. The van der Waals surface area contributed by atoms with Crippen molar-refractivity contribution in [2.75, 3.05) is 7.11 Å². The molecule has 0 bridgehead atoms. The second-order valence-corrected chi connectivity index (χ2v) is 3.74. The third-order valence-electron chi connectivity index (χ3n) is 1.81. The standard InChI is InChI=1S/C9H7BrClF2NO2/c1-16-9(15)7-4(11)2-5(8(12)13)14-6(7)3-10/h2,8H,3H2,1H3. The van der Waals surface area contributed by atoms with Gasteiger partial charge in [-0.1, -0.05) is 27.5 Å². The van der Waals surface area contributed by atoms with E-state index in [9.17, 15) is 13.6 Å². The van der Waals surface area contributed by atoms with Crippen LogP contribution in [-0.4, -0.2) is 18.1 Å². The lowest BCUT2D eigenvalue weighted by Crippen LogP contribution is -2.09. The van der Waals surface area contributed by atoms with Gasteiger partial charge in [-0.25, -0.2) is 18.6 Å². The number of methoxy groups -OCH3 is 1. The lowest BCUT2D eigenvalue weighted by molar-refractivity contribution is 0.0598. The van der Waals surface area contributed by atoms with E-state index in [0.717, 1.165) is 6.07 Å². The minimum absolute atomic E-state index is 0.00504. The van der Waals surface area contributed by atoms with Gasteiger partial charge in [-0.3, -0.25) is 0 Å². The van der Waals surface area contributed by atoms with E-state index in [1.54, 1.807) is 0 Å². The van der Waals surface area contributed by atoms with E-state index in [1.807, 2.05) is 0 Å². The number of pyridine rings is 1. The van der Waals surface area contributed by atoms with Crippen molar-refractivity contribution in [3.8, 4) is 0 Å². The lowest BCUT2D eigenvalue weighted by atomic mass is 10.2. The normalized spacial score (nSPS) is 10.6. The molecule has 0 radical (unpaired) electrons. The van der Waals surface area contributed by atoms with Gasteiger partial charge >= 0.3 is 5.97 Å². The van der Waals surface area contributed by atoms with Crippen LogP contribution in [-0.2, 0) is 10.1 Å². The summed E-state index contributed by atoms with van der Waals surface area (Å²) in [4.78, 5) is 15.0. The van der Waals surface area contributed by atoms with Crippen molar-refractivity contribution in [3.05, 3.63) is 28.0 Å². The molecule has 88 valence electrons. The fourth-order valence-corrected chi connectivity index (χ4v) is 1.81. The summed E-state index contributed by atoms with van der Waals surface area (Å²) in [7, 11) is 1.18. The van der Waals surface area contributed by atoms with Crippen LogP contribution < -0.4 is 0 Å². The van der Waals surface area contributed by atoms with E-state index < -0.39 is 18.1 Å². The van der Waals surface area contributed by atoms with Crippen molar-refractivity contribution >= 4 is 33.5 Å². The zero-order valence-electron chi connectivity index (χ0n) is 8.14. The molecule has 0 aliphatic rings. The molecule has 0 saturated carbocycles. The number of hydrogen-bond acceptors (Lipinski definition) is 3. The van der Waals surface area contributed by atoms with E-state index in [-0.39, 0.29) is 21.6 Å². The monoisotopic (exact) mass is 313 g/mol. The number of hydrogen-bond donors (Lipinski definition) is 0. The van der Waals surface area contributed by atoms with Crippen molar-refractivity contribution < 1.29 is 18.3 Å². The Morgan fingerprint density at radius 2 is 2.31 bits per heavy atom. The summed E-state index contributed by atoms with van der Waals surface area (Å²) in [5, 5.41) is 0.0455. The first-order chi connectivity index (χ1) is 7.51. The molecule has 0 saturated heterocycles. The van der Waals surface area contributed by atoms with E-state index >= 15 is 0 Å². The molecule has 1 heterocycles. The summed E-state index contributed by atoms with van der Waals surface area (Å²) in [5.41, 5.74) is -0.327. The maximum absolute atomic E-state index is 12.4. The Morgan fingerprint density at radius 3 is 2.75 bits per heavy atom. The van der Waals surface area contributed by atoms with E-state index in [4.69, 9.17) is 11.6 Å². The van der Waals surface area contributed by atoms with Gasteiger partial charge in [0.25, 0.3) is 6.43 Å². The highest BCUT2D eigenvalue weighted by molar-refractivity contribution is 9.08. The Labute approximate surface area is 104 Å². The Kier molecular flexibility index (Phi) is 4.61. The second-order valence-electron chi connectivity index (χ2n) is 2.78. The predicted octanol–water partition coefficient (Wildman–Crippen LogP) is 3.35. The molecule has 1 aromatic rings. The van der Waals surface area contributed by atoms with Gasteiger partial charge in [0, 0.05) is 5.33 Å². The molecule has 0 aliphatic heterocycles. The average molecular weight is 315 g/mol. The summed E-state index contributed by atoms with van der Waals surface area (Å²) < 4.78 is 29.3. The largest absolute Gasteiger partial charge is 0.465 e. The highest BCUT2D eigenvalue weighted by atomic mass is 79.9. The zero-order valence-corrected chi connectivity index (χ0v) is 10.5. The summed E-state index contributed by atoms with van der Waals surface area (Å²) in [6.07, 6.45) is -2.73. The van der Waals surface area contributed by atoms with Gasteiger partial charge < -0.3 is 4.74 Å². The molecule has 7 heteroatoms. The van der Waals surface area contributed by atoms with E-state index in [1.165, 1.54) is 7.11 Å². The van der Waals surface area contributed by atoms with Crippen LogP contribution in [0.5, 0.6) is 0 Å². The molecule has 0 aliphatic carbocycles. The quantitative estimate of drug-likeness (QED) is 0.634. The van der Waals surface area contributed by atoms with E-state index in [0.29, 0.717) is 0 Å². The first-order valence-corrected chi connectivity index (χ1v) is 5.63. The van der Waals surface area contributed by atoms with E-state index in [2.05, 4.69) is 25.7 Å². The topological polar surface area (TPSA) is 39.2 Å². The van der Waals surface area contributed by atoms with Gasteiger partial charge in [-0.05, 0) is 6.07 Å². The molecule has 1 aromatic heterocycles. The Morgan fingerprint density at radius 1 is 1.69 bits per heavy atom. The van der Waals surface area contributed by atoms with Gasteiger partial charge in [0.05, 0.1) is 17.8 Å². The van der Waals surface area contributed by atoms with Crippen LogP contribution in [0, 0.1) is 0 Å². The fourth-order valence-electron chi connectivity index (χ4n) is 1.11. The number of esters is 1. The molecule has 0 aromatic carbocycles. The highest BCUT2D eigenvalue weighted by Crippen LogP contribution is 2.27. The number of carbonyl (C=O) groups excluding carboxylic acids is 1. The maximum Gasteiger partial charge on any atom is 0.341 e. The molecule has 0 unspecified atom stereocenters. The molecule has 0 spiro atoms. The maximum atomic E-state index is 12.4. The smallest absolute Gasteiger partial charge is 0.341 e. The summed E-state index contributed by atoms with van der Waals surface area (Å²) >= 11 is 8.79. The van der Waals surface area contributed by atoms with Gasteiger partial charge in [0.15, 0.2) is 0 Å². The van der Waals surface area contributed by atoms with Crippen LogP contribution in [0.1, 0.15) is 28.2 Å². The van der Waals surface area contributed by atoms with Crippen molar-refractivity contribution in [1.82, 2.24) is 4.98 Å². The molecular formula is C9H7BrClF2NO2. The summed E-state index contributed by atoms with van der Waals surface area (Å²) in [6, 6.07) is 0.963. The Bertz CT molecular complexity index is 415. The molecule has 1 rings (SSSR count). The number of aromatic nitrogens is 1.